The van der Waals surface area contributed by atoms with E-state index in [0.29, 0.717) is 5.56 Å². The molecule has 0 radical (unpaired) electrons. The van der Waals surface area contributed by atoms with E-state index in [1.807, 2.05) is 0 Å². The van der Waals surface area contributed by atoms with Gasteiger partial charge in [0.25, 0.3) is 0 Å². The SMILES string of the molecule is COC(=O)C(C)NC(=O)N[C@H](C(=O)O)c1ccccc1. The van der Waals surface area contributed by atoms with Crippen molar-refractivity contribution in [1.29, 1.82) is 0 Å². The molecule has 1 rings (SSSR count). The van der Waals surface area contributed by atoms with Gasteiger partial charge >= 0.3 is 18.0 Å². The second-order valence-corrected chi connectivity index (χ2v) is 4.04. The fourth-order valence-electron chi connectivity index (χ4n) is 1.54. The van der Waals surface area contributed by atoms with Crippen LogP contribution in [0.5, 0.6) is 0 Å². The number of carbonyl (C=O) groups excluding carboxylic acids is 2. The van der Waals surface area contributed by atoms with Gasteiger partial charge in [-0.15, -0.1) is 0 Å². The zero-order valence-corrected chi connectivity index (χ0v) is 11.1. The summed E-state index contributed by atoms with van der Waals surface area (Å²) in [5.41, 5.74) is 0.431. The number of carboxylic acid groups (broad SMARTS) is 1. The van der Waals surface area contributed by atoms with Crippen LogP contribution in [0, 0.1) is 0 Å². The molecule has 0 heterocycles. The summed E-state index contributed by atoms with van der Waals surface area (Å²) in [6, 6.07) is 5.42. The average Bonchev–Trinajstić information content (AvgIpc) is 2.44. The van der Waals surface area contributed by atoms with Gasteiger partial charge in [-0.2, -0.15) is 0 Å². The fraction of sp³-hybridized carbons (Fsp3) is 0.308. The molecule has 0 saturated carbocycles. The fourth-order valence-corrected chi connectivity index (χ4v) is 1.54. The van der Waals surface area contributed by atoms with Crippen LogP contribution >= 0.6 is 0 Å². The van der Waals surface area contributed by atoms with Gasteiger partial charge < -0.3 is 20.5 Å². The molecule has 20 heavy (non-hydrogen) atoms. The van der Waals surface area contributed by atoms with E-state index < -0.39 is 30.1 Å². The van der Waals surface area contributed by atoms with Crippen LogP contribution in [0.25, 0.3) is 0 Å². The number of aliphatic carboxylic acids is 1. The normalized spacial score (nSPS) is 12.9. The maximum Gasteiger partial charge on any atom is 0.330 e. The van der Waals surface area contributed by atoms with Crippen LogP contribution in [0.15, 0.2) is 30.3 Å². The van der Waals surface area contributed by atoms with Crippen molar-refractivity contribution in [3.8, 4) is 0 Å². The highest BCUT2D eigenvalue weighted by atomic mass is 16.5. The summed E-state index contributed by atoms with van der Waals surface area (Å²) in [5.74, 6) is -1.82. The predicted molar refractivity (Wildman–Crippen MR) is 70.0 cm³/mol. The molecule has 0 aliphatic rings. The maximum atomic E-state index is 11.7. The molecule has 3 N–H and O–H groups in total. The molecular weight excluding hydrogens is 264 g/mol. The molecule has 108 valence electrons. The molecular formula is C13H16N2O5. The zero-order chi connectivity index (χ0) is 15.1. The van der Waals surface area contributed by atoms with Crippen molar-refractivity contribution in [3.05, 3.63) is 35.9 Å². The van der Waals surface area contributed by atoms with Crippen molar-refractivity contribution in [2.24, 2.45) is 0 Å². The number of benzene rings is 1. The van der Waals surface area contributed by atoms with Crippen molar-refractivity contribution in [1.82, 2.24) is 10.6 Å². The first-order chi connectivity index (χ1) is 9.45. The van der Waals surface area contributed by atoms with E-state index in [2.05, 4.69) is 15.4 Å². The highest BCUT2D eigenvalue weighted by Crippen LogP contribution is 2.12. The summed E-state index contributed by atoms with van der Waals surface area (Å²) in [7, 11) is 1.20. The predicted octanol–water partition coefficient (Wildman–Crippen LogP) is 0.673. The summed E-state index contributed by atoms with van der Waals surface area (Å²) in [6.07, 6.45) is 0. The van der Waals surface area contributed by atoms with Gasteiger partial charge in [-0.1, -0.05) is 30.3 Å². The Morgan fingerprint density at radius 3 is 2.25 bits per heavy atom. The molecule has 1 aromatic rings. The number of esters is 1. The molecule has 7 nitrogen and oxygen atoms in total. The molecule has 1 unspecified atom stereocenters. The van der Waals surface area contributed by atoms with E-state index in [0.717, 1.165) is 0 Å². The van der Waals surface area contributed by atoms with Gasteiger partial charge in [-0.05, 0) is 12.5 Å². The molecule has 0 aromatic heterocycles. The number of hydrogen-bond donors (Lipinski definition) is 3. The molecule has 0 aliphatic heterocycles. The number of carboxylic acids is 1. The maximum absolute atomic E-state index is 11.7. The van der Waals surface area contributed by atoms with Crippen LogP contribution in [0.4, 0.5) is 4.79 Å². The molecule has 7 heteroatoms. The lowest BCUT2D eigenvalue weighted by Gasteiger charge is -2.17. The van der Waals surface area contributed by atoms with E-state index >= 15 is 0 Å². The van der Waals surface area contributed by atoms with Crippen molar-refractivity contribution in [3.63, 3.8) is 0 Å². The van der Waals surface area contributed by atoms with E-state index in [1.54, 1.807) is 30.3 Å². The number of hydrogen-bond acceptors (Lipinski definition) is 4. The van der Waals surface area contributed by atoms with Gasteiger partial charge in [0.1, 0.15) is 6.04 Å². The minimum atomic E-state index is -1.20. The van der Waals surface area contributed by atoms with Crippen molar-refractivity contribution in [2.45, 2.75) is 19.0 Å². The van der Waals surface area contributed by atoms with Gasteiger partial charge in [0.05, 0.1) is 7.11 Å². The number of urea groups is 1. The summed E-state index contributed by atoms with van der Waals surface area (Å²) >= 11 is 0. The highest BCUT2D eigenvalue weighted by molar-refractivity contribution is 5.86. The minimum absolute atomic E-state index is 0.431. The van der Waals surface area contributed by atoms with E-state index in [1.165, 1.54) is 14.0 Å². The van der Waals surface area contributed by atoms with Gasteiger partial charge in [0.2, 0.25) is 0 Å². The summed E-state index contributed by atoms with van der Waals surface area (Å²) in [4.78, 5) is 34.0. The minimum Gasteiger partial charge on any atom is -0.479 e. The first-order valence-corrected chi connectivity index (χ1v) is 5.88. The largest absolute Gasteiger partial charge is 0.479 e. The summed E-state index contributed by atoms with van der Waals surface area (Å²) in [6.45, 7) is 1.43. The molecule has 2 amide bonds. The third-order valence-corrected chi connectivity index (χ3v) is 2.56. The standard InChI is InChI=1S/C13H16N2O5/c1-8(12(18)20-2)14-13(19)15-10(11(16)17)9-6-4-3-5-7-9/h3-8,10H,1-2H3,(H,16,17)(H2,14,15,19)/t8?,10-/m0/s1. The molecule has 0 fully saturated rings. The van der Waals surface area contributed by atoms with Gasteiger partial charge in [-0.25, -0.2) is 14.4 Å². The van der Waals surface area contributed by atoms with Gasteiger partial charge in [-0.3, -0.25) is 0 Å². The van der Waals surface area contributed by atoms with Crippen LogP contribution in [0.3, 0.4) is 0 Å². The second-order valence-electron chi connectivity index (χ2n) is 4.04. The monoisotopic (exact) mass is 280 g/mol. The van der Waals surface area contributed by atoms with E-state index in [-0.39, 0.29) is 0 Å². The van der Waals surface area contributed by atoms with Crippen LogP contribution in [-0.4, -0.2) is 36.2 Å². The summed E-state index contributed by atoms with van der Waals surface area (Å²) < 4.78 is 4.45. The third kappa shape index (κ3) is 4.27. The Morgan fingerprint density at radius 2 is 1.75 bits per heavy atom. The van der Waals surface area contributed by atoms with Crippen molar-refractivity contribution < 1.29 is 24.2 Å². The summed E-state index contributed by atoms with van der Waals surface area (Å²) in [5, 5.41) is 13.7. The lowest BCUT2D eigenvalue weighted by Crippen LogP contribution is -2.47. The van der Waals surface area contributed by atoms with Crippen LogP contribution in [0.2, 0.25) is 0 Å². The Kier molecular flexibility index (Phi) is 5.52. The first kappa shape index (κ1) is 15.5. The smallest absolute Gasteiger partial charge is 0.330 e. The number of nitrogens with one attached hydrogen (secondary N) is 2. The molecule has 0 bridgehead atoms. The number of amides is 2. The number of methoxy groups -OCH3 is 1. The number of carbonyl (C=O) groups is 3. The molecule has 0 saturated heterocycles. The Balaban J connectivity index is 2.70. The molecule has 0 spiro atoms. The molecule has 0 aliphatic carbocycles. The quantitative estimate of drug-likeness (QED) is 0.688. The number of rotatable bonds is 5. The van der Waals surface area contributed by atoms with E-state index in [4.69, 9.17) is 5.11 Å². The second kappa shape index (κ2) is 7.13. The lowest BCUT2D eigenvalue weighted by molar-refractivity contribution is -0.142. The third-order valence-electron chi connectivity index (χ3n) is 2.56. The molecule has 1 aromatic carbocycles. The van der Waals surface area contributed by atoms with Crippen LogP contribution in [0.1, 0.15) is 18.5 Å². The van der Waals surface area contributed by atoms with Crippen molar-refractivity contribution in [2.75, 3.05) is 7.11 Å². The first-order valence-electron chi connectivity index (χ1n) is 5.88. The van der Waals surface area contributed by atoms with Gasteiger partial charge in [0, 0.05) is 0 Å². The number of ether oxygens (including phenoxy) is 1. The van der Waals surface area contributed by atoms with Crippen molar-refractivity contribution >= 4 is 18.0 Å². The highest BCUT2D eigenvalue weighted by Gasteiger charge is 2.23. The Labute approximate surface area is 115 Å². The topological polar surface area (TPSA) is 105 Å². The average molecular weight is 280 g/mol. The van der Waals surface area contributed by atoms with Gasteiger partial charge in [0.15, 0.2) is 6.04 Å². The zero-order valence-electron chi connectivity index (χ0n) is 11.1. The Hall–Kier alpha value is -2.57. The lowest BCUT2D eigenvalue weighted by atomic mass is 10.1. The molecule has 2 atom stereocenters. The van der Waals surface area contributed by atoms with Crippen LogP contribution < -0.4 is 10.6 Å². The Morgan fingerprint density at radius 1 is 1.15 bits per heavy atom. The van der Waals surface area contributed by atoms with Crippen LogP contribution in [-0.2, 0) is 14.3 Å². The Bertz CT molecular complexity index is 489. The van der Waals surface area contributed by atoms with E-state index in [9.17, 15) is 14.4 Å².